The van der Waals surface area contributed by atoms with Crippen LogP contribution in [0.15, 0.2) is 35.6 Å². The van der Waals surface area contributed by atoms with Crippen molar-refractivity contribution in [3.05, 3.63) is 41.7 Å². The summed E-state index contributed by atoms with van der Waals surface area (Å²) in [7, 11) is 0. The number of anilines is 1. The molecule has 2 heterocycles. The van der Waals surface area contributed by atoms with Gasteiger partial charge in [0.05, 0.1) is 5.71 Å². The molecule has 3 N–H and O–H groups in total. The molecule has 0 spiro atoms. The van der Waals surface area contributed by atoms with Crippen molar-refractivity contribution in [3.63, 3.8) is 0 Å². The second kappa shape index (κ2) is 8.72. The lowest BCUT2D eigenvalue weighted by molar-refractivity contribution is 0.171. The second-order valence-electron chi connectivity index (χ2n) is 8.97. The smallest absolute Gasteiger partial charge is 0.246 e. The molecule has 1 fully saturated rings. The summed E-state index contributed by atoms with van der Waals surface area (Å²) in [5.74, 6) is 2.33. The van der Waals surface area contributed by atoms with E-state index in [1.807, 2.05) is 13.8 Å². The maximum absolute atomic E-state index is 6.10. The van der Waals surface area contributed by atoms with Crippen molar-refractivity contribution in [2.24, 2.45) is 10.9 Å². The van der Waals surface area contributed by atoms with E-state index in [0.29, 0.717) is 23.3 Å². The topological polar surface area (TPSA) is 85.4 Å². The van der Waals surface area contributed by atoms with E-state index in [-0.39, 0.29) is 0 Å². The molecule has 0 amide bonds. The fourth-order valence-electron chi connectivity index (χ4n) is 4.68. The van der Waals surface area contributed by atoms with Crippen molar-refractivity contribution >= 4 is 17.2 Å². The number of benzene rings is 1. The van der Waals surface area contributed by atoms with E-state index in [9.17, 15) is 0 Å². The van der Waals surface area contributed by atoms with Crippen molar-refractivity contribution in [1.82, 2.24) is 15.3 Å². The molecule has 0 unspecified atom stereocenters. The van der Waals surface area contributed by atoms with Crippen LogP contribution in [0.4, 0.5) is 11.5 Å². The van der Waals surface area contributed by atoms with Gasteiger partial charge < -0.3 is 15.8 Å². The third-order valence-electron chi connectivity index (χ3n) is 6.44. The van der Waals surface area contributed by atoms with Crippen LogP contribution < -0.4 is 15.8 Å². The van der Waals surface area contributed by atoms with Gasteiger partial charge in [-0.05, 0) is 76.4 Å². The molecule has 0 atom stereocenters. The third kappa shape index (κ3) is 4.33. The van der Waals surface area contributed by atoms with E-state index >= 15 is 0 Å². The van der Waals surface area contributed by atoms with E-state index in [1.165, 1.54) is 44.0 Å². The van der Waals surface area contributed by atoms with Gasteiger partial charge in [-0.15, -0.1) is 0 Å². The molecule has 6 heteroatoms. The zero-order chi connectivity index (χ0) is 21.1. The highest BCUT2D eigenvalue weighted by atomic mass is 16.5. The predicted octanol–water partition coefficient (Wildman–Crippen LogP) is 4.62. The van der Waals surface area contributed by atoms with Gasteiger partial charge in [0.1, 0.15) is 11.9 Å². The Hall–Kier alpha value is -2.47. The average Bonchev–Trinajstić information content (AvgIpc) is 2.74. The quantitative estimate of drug-likeness (QED) is 0.682. The summed E-state index contributed by atoms with van der Waals surface area (Å²) in [6, 6.07) is 8.86. The molecule has 1 aromatic heterocycles. The van der Waals surface area contributed by atoms with Gasteiger partial charge in [-0.2, -0.15) is 4.98 Å². The van der Waals surface area contributed by atoms with Gasteiger partial charge in [0.25, 0.3) is 0 Å². The number of ether oxygens (including phenoxy) is 1. The number of aliphatic imine (C=N–C) groups is 1. The Morgan fingerprint density at radius 1 is 1.10 bits per heavy atom. The number of aromatic nitrogens is 2. The molecule has 4 rings (SSSR count). The SMILES string of the molecule is CCNCC[C@H]1CC[C@H](c2ccc(C3=Nc4c(N)ncnc4OC3(C)C)cc2)CC1. The lowest BCUT2D eigenvalue weighted by Gasteiger charge is -2.32. The van der Waals surface area contributed by atoms with Crippen molar-refractivity contribution in [1.29, 1.82) is 0 Å². The van der Waals surface area contributed by atoms with Crippen LogP contribution >= 0.6 is 0 Å². The number of fused-ring (bicyclic) bond motifs is 1. The minimum atomic E-state index is -0.583. The summed E-state index contributed by atoms with van der Waals surface area (Å²) in [6.45, 7) is 8.42. The van der Waals surface area contributed by atoms with Crippen molar-refractivity contribution in [3.8, 4) is 5.88 Å². The summed E-state index contributed by atoms with van der Waals surface area (Å²) < 4.78 is 6.10. The highest BCUT2D eigenvalue weighted by Crippen LogP contribution is 2.40. The highest BCUT2D eigenvalue weighted by Gasteiger charge is 2.35. The Labute approximate surface area is 179 Å². The molecule has 1 saturated carbocycles. The summed E-state index contributed by atoms with van der Waals surface area (Å²) in [4.78, 5) is 13.0. The van der Waals surface area contributed by atoms with E-state index in [2.05, 4.69) is 46.5 Å². The van der Waals surface area contributed by atoms with Crippen LogP contribution in [0, 0.1) is 5.92 Å². The molecular formula is C24H33N5O. The molecule has 1 aliphatic heterocycles. The molecule has 2 aliphatic rings. The Morgan fingerprint density at radius 3 is 2.53 bits per heavy atom. The van der Waals surface area contributed by atoms with Gasteiger partial charge >= 0.3 is 0 Å². The lowest BCUT2D eigenvalue weighted by Crippen LogP contribution is -2.41. The van der Waals surface area contributed by atoms with Crippen LogP contribution in [0.1, 0.15) is 69.9 Å². The first-order valence-electron chi connectivity index (χ1n) is 11.2. The zero-order valence-corrected chi connectivity index (χ0v) is 18.3. The monoisotopic (exact) mass is 407 g/mol. The number of rotatable bonds is 6. The Bertz CT molecular complexity index is 898. The molecular weight excluding hydrogens is 374 g/mol. The van der Waals surface area contributed by atoms with Gasteiger partial charge in [-0.25, -0.2) is 9.98 Å². The van der Waals surface area contributed by atoms with Crippen molar-refractivity contribution in [2.45, 2.75) is 64.4 Å². The van der Waals surface area contributed by atoms with Crippen LogP contribution in [0.25, 0.3) is 0 Å². The van der Waals surface area contributed by atoms with Gasteiger partial charge in [0, 0.05) is 5.56 Å². The molecule has 0 radical (unpaired) electrons. The van der Waals surface area contributed by atoms with Gasteiger partial charge in [0.2, 0.25) is 5.88 Å². The predicted molar refractivity (Wildman–Crippen MR) is 122 cm³/mol. The molecule has 160 valence electrons. The standard InChI is InChI=1S/C24H33N5O/c1-4-26-14-13-16-5-7-17(8-6-16)18-9-11-19(12-10-18)21-24(2,3)30-23-20(29-21)22(25)27-15-28-23/h9-12,15-17,26H,4-8,13-14H2,1-3H3,(H2,25,27,28)/t16-,17-. The minimum Gasteiger partial charge on any atom is -0.463 e. The number of hydrogen-bond donors (Lipinski definition) is 2. The number of nitrogens with zero attached hydrogens (tertiary/aromatic N) is 3. The van der Waals surface area contributed by atoms with Gasteiger partial charge in [0.15, 0.2) is 11.5 Å². The summed E-state index contributed by atoms with van der Waals surface area (Å²) in [5.41, 5.74) is 9.28. The van der Waals surface area contributed by atoms with E-state index in [1.54, 1.807) is 0 Å². The van der Waals surface area contributed by atoms with E-state index in [4.69, 9.17) is 15.5 Å². The minimum absolute atomic E-state index is 0.343. The fraction of sp³-hybridized carbons (Fsp3) is 0.542. The van der Waals surface area contributed by atoms with E-state index < -0.39 is 5.60 Å². The summed E-state index contributed by atoms with van der Waals surface area (Å²) in [5, 5.41) is 3.46. The Balaban J connectivity index is 1.47. The maximum atomic E-state index is 6.10. The first-order chi connectivity index (χ1) is 14.5. The van der Waals surface area contributed by atoms with Gasteiger partial charge in [-0.3, -0.25) is 0 Å². The number of nitrogen functional groups attached to an aromatic ring is 1. The van der Waals surface area contributed by atoms with Crippen molar-refractivity contribution in [2.75, 3.05) is 18.8 Å². The van der Waals surface area contributed by atoms with Gasteiger partial charge in [-0.1, -0.05) is 31.2 Å². The number of nitrogens with one attached hydrogen (secondary N) is 1. The largest absolute Gasteiger partial charge is 0.463 e. The fourth-order valence-corrected chi connectivity index (χ4v) is 4.68. The highest BCUT2D eigenvalue weighted by molar-refractivity contribution is 6.09. The molecule has 0 bridgehead atoms. The maximum Gasteiger partial charge on any atom is 0.246 e. The first kappa shape index (κ1) is 20.8. The molecule has 6 nitrogen and oxygen atoms in total. The number of nitrogens with two attached hydrogens (primary N) is 1. The average molecular weight is 408 g/mol. The Kier molecular flexibility index (Phi) is 6.04. The summed E-state index contributed by atoms with van der Waals surface area (Å²) in [6.07, 6.45) is 7.96. The second-order valence-corrected chi connectivity index (χ2v) is 8.97. The zero-order valence-electron chi connectivity index (χ0n) is 18.3. The summed E-state index contributed by atoms with van der Waals surface area (Å²) >= 11 is 0. The number of hydrogen-bond acceptors (Lipinski definition) is 6. The normalized spacial score (nSPS) is 22.7. The van der Waals surface area contributed by atoms with Crippen LogP contribution in [-0.2, 0) is 0 Å². The van der Waals surface area contributed by atoms with Crippen LogP contribution in [-0.4, -0.2) is 34.4 Å². The van der Waals surface area contributed by atoms with Crippen LogP contribution in [0.2, 0.25) is 0 Å². The molecule has 1 aromatic carbocycles. The molecule has 2 aromatic rings. The third-order valence-corrected chi connectivity index (χ3v) is 6.44. The van der Waals surface area contributed by atoms with Crippen molar-refractivity contribution < 1.29 is 4.74 Å². The molecule has 0 saturated heterocycles. The first-order valence-corrected chi connectivity index (χ1v) is 11.2. The molecule has 1 aliphatic carbocycles. The van der Waals surface area contributed by atoms with Crippen LogP contribution in [0.3, 0.4) is 0 Å². The Morgan fingerprint density at radius 2 is 1.83 bits per heavy atom. The lowest BCUT2D eigenvalue weighted by atomic mass is 9.77. The molecule has 30 heavy (non-hydrogen) atoms. The van der Waals surface area contributed by atoms with Crippen LogP contribution in [0.5, 0.6) is 5.88 Å². The van der Waals surface area contributed by atoms with E-state index in [0.717, 1.165) is 30.3 Å².